The summed E-state index contributed by atoms with van der Waals surface area (Å²) in [6, 6.07) is 3.70. The Labute approximate surface area is 187 Å². The highest BCUT2D eigenvalue weighted by atomic mass is 16.5. The summed E-state index contributed by atoms with van der Waals surface area (Å²) < 4.78 is 17.8. The molecule has 1 aliphatic rings. The maximum atomic E-state index is 12.3. The molecule has 0 radical (unpaired) electrons. The molecule has 9 nitrogen and oxygen atoms in total. The van der Waals surface area contributed by atoms with Crippen LogP contribution in [0.3, 0.4) is 0 Å². The second-order valence-corrected chi connectivity index (χ2v) is 8.52. The third kappa shape index (κ3) is 5.38. The second-order valence-electron chi connectivity index (χ2n) is 8.52. The first kappa shape index (κ1) is 22.1. The summed E-state index contributed by atoms with van der Waals surface area (Å²) in [4.78, 5) is 12.3. The number of nitrogens with zero attached hydrogens (tertiary/aromatic N) is 4. The van der Waals surface area contributed by atoms with Gasteiger partial charge in [0.1, 0.15) is 5.76 Å². The van der Waals surface area contributed by atoms with Gasteiger partial charge in [-0.15, -0.1) is 0 Å². The van der Waals surface area contributed by atoms with Crippen LogP contribution in [0.15, 0.2) is 27.4 Å². The molecule has 0 aromatic carbocycles. The van der Waals surface area contributed by atoms with Crippen molar-refractivity contribution in [1.29, 1.82) is 0 Å². The van der Waals surface area contributed by atoms with Crippen LogP contribution >= 0.6 is 0 Å². The van der Waals surface area contributed by atoms with E-state index in [-0.39, 0.29) is 5.91 Å². The Morgan fingerprint density at radius 2 is 2.03 bits per heavy atom. The van der Waals surface area contributed by atoms with Gasteiger partial charge < -0.3 is 19.1 Å². The molecule has 1 amide bonds. The molecule has 0 atom stereocenters. The van der Waals surface area contributed by atoms with Gasteiger partial charge in [0.05, 0.1) is 23.6 Å². The molecule has 0 aliphatic heterocycles. The van der Waals surface area contributed by atoms with Gasteiger partial charge in [-0.2, -0.15) is 5.10 Å². The Bertz CT molecular complexity index is 1030. The van der Waals surface area contributed by atoms with Crippen LogP contribution in [-0.4, -0.2) is 39.2 Å². The zero-order chi connectivity index (χ0) is 22.5. The molecule has 32 heavy (non-hydrogen) atoms. The molecule has 172 valence electrons. The van der Waals surface area contributed by atoms with Gasteiger partial charge in [0.2, 0.25) is 5.91 Å². The van der Waals surface area contributed by atoms with Crippen molar-refractivity contribution in [3.8, 4) is 17.2 Å². The molecular weight excluding hydrogens is 410 g/mol. The number of hydrogen-bond acceptors (Lipinski definition) is 7. The summed E-state index contributed by atoms with van der Waals surface area (Å²) >= 11 is 0. The quantitative estimate of drug-likeness (QED) is 0.538. The zero-order valence-corrected chi connectivity index (χ0v) is 19.0. The van der Waals surface area contributed by atoms with Crippen LogP contribution in [0, 0.1) is 12.8 Å². The molecule has 0 saturated heterocycles. The molecule has 1 saturated carbocycles. The van der Waals surface area contributed by atoms with Gasteiger partial charge in [0, 0.05) is 50.7 Å². The Morgan fingerprint density at radius 1 is 1.22 bits per heavy atom. The first-order valence-corrected chi connectivity index (χ1v) is 11.3. The van der Waals surface area contributed by atoms with E-state index in [1.54, 1.807) is 6.07 Å². The van der Waals surface area contributed by atoms with Crippen LogP contribution in [0.5, 0.6) is 5.88 Å². The minimum Gasteiger partial charge on any atom is -0.476 e. The van der Waals surface area contributed by atoms with Gasteiger partial charge in [-0.25, -0.2) is 0 Å². The lowest BCUT2D eigenvalue weighted by atomic mass is 9.79. The number of amides is 1. The van der Waals surface area contributed by atoms with E-state index in [2.05, 4.69) is 15.6 Å². The van der Waals surface area contributed by atoms with Crippen LogP contribution in [0.25, 0.3) is 11.3 Å². The third-order valence-electron chi connectivity index (χ3n) is 6.00. The minimum atomic E-state index is 0.0363. The van der Waals surface area contributed by atoms with Gasteiger partial charge in [0.15, 0.2) is 5.76 Å². The predicted octanol–water partition coefficient (Wildman–Crippen LogP) is 3.79. The highest BCUT2D eigenvalue weighted by molar-refractivity contribution is 5.76. The smallest absolute Gasteiger partial charge is 0.254 e. The number of rotatable bonds is 9. The fourth-order valence-electron chi connectivity index (χ4n) is 4.34. The van der Waals surface area contributed by atoms with E-state index in [1.807, 2.05) is 37.8 Å². The van der Waals surface area contributed by atoms with Gasteiger partial charge >= 0.3 is 0 Å². The van der Waals surface area contributed by atoms with Crippen molar-refractivity contribution in [2.45, 2.75) is 58.3 Å². The van der Waals surface area contributed by atoms with Gasteiger partial charge in [-0.1, -0.05) is 5.16 Å². The molecule has 3 aromatic heterocycles. The summed E-state index contributed by atoms with van der Waals surface area (Å²) in [5.41, 5.74) is 2.99. The van der Waals surface area contributed by atoms with E-state index in [9.17, 15) is 4.79 Å². The maximum Gasteiger partial charge on any atom is 0.254 e. The number of ether oxygens (including phenoxy) is 1. The summed E-state index contributed by atoms with van der Waals surface area (Å²) in [6.45, 7) is 5.06. The van der Waals surface area contributed by atoms with Crippen LogP contribution in [-0.2, 0) is 18.3 Å². The van der Waals surface area contributed by atoms with Crippen molar-refractivity contribution >= 4 is 5.91 Å². The normalized spacial score (nSPS) is 18.6. The summed E-state index contributed by atoms with van der Waals surface area (Å²) in [7, 11) is 1.94. The first-order valence-electron chi connectivity index (χ1n) is 11.3. The number of nitrogens with one attached hydrogen (secondary N) is 1. The molecule has 0 bridgehead atoms. The fourth-order valence-corrected chi connectivity index (χ4v) is 4.34. The van der Waals surface area contributed by atoms with Gasteiger partial charge in [-0.3, -0.25) is 9.48 Å². The lowest BCUT2D eigenvalue weighted by Crippen LogP contribution is -2.31. The van der Waals surface area contributed by atoms with Crippen molar-refractivity contribution in [3.63, 3.8) is 0 Å². The van der Waals surface area contributed by atoms with E-state index < -0.39 is 0 Å². The average Bonchev–Trinajstić information content (AvgIpc) is 3.51. The summed E-state index contributed by atoms with van der Waals surface area (Å²) in [6.07, 6.45) is 7.14. The molecule has 9 heteroatoms. The highest BCUT2D eigenvalue weighted by Gasteiger charge is 2.28. The number of aromatic nitrogens is 4. The number of hydrogen-bond donors (Lipinski definition) is 1. The number of aryl methyl sites for hydroxylation is 3. The molecular formula is C23H31N5O4. The minimum absolute atomic E-state index is 0.0363. The Balaban J connectivity index is 1.23. The average molecular weight is 442 g/mol. The Morgan fingerprint density at radius 3 is 2.75 bits per heavy atom. The second kappa shape index (κ2) is 10.0. The molecule has 1 N–H and O–H groups in total. The highest BCUT2D eigenvalue weighted by Crippen LogP contribution is 2.39. The third-order valence-corrected chi connectivity index (χ3v) is 6.00. The lowest BCUT2D eigenvalue weighted by Gasteiger charge is -2.28. The SMILES string of the molecule is CCOc1cc(CCC(=O)NCC2CCC(c3nn(C)cc3-c3cc(C)no3)CC2)on1. The van der Waals surface area contributed by atoms with E-state index in [0.29, 0.717) is 49.5 Å². The molecule has 3 aromatic rings. The number of carbonyl (C=O) groups is 1. The van der Waals surface area contributed by atoms with Crippen molar-refractivity contribution in [1.82, 2.24) is 25.4 Å². The first-order chi connectivity index (χ1) is 15.5. The van der Waals surface area contributed by atoms with Crippen molar-refractivity contribution < 1.29 is 18.6 Å². The monoisotopic (exact) mass is 441 g/mol. The molecule has 1 aliphatic carbocycles. The van der Waals surface area contributed by atoms with E-state index in [4.69, 9.17) is 18.9 Å². The van der Waals surface area contributed by atoms with Crippen molar-refractivity contribution in [2.24, 2.45) is 13.0 Å². The largest absolute Gasteiger partial charge is 0.476 e. The fraction of sp³-hybridized carbons (Fsp3) is 0.565. The van der Waals surface area contributed by atoms with Crippen LogP contribution in [0.4, 0.5) is 0 Å². The van der Waals surface area contributed by atoms with Crippen LogP contribution < -0.4 is 10.1 Å². The summed E-state index contributed by atoms with van der Waals surface area (Å²) in [5, 5.41) is 15.6. The van der Waals surface area contributed by atoms with Gasteiger partial charge in [-0.05, 0) is 50.6 Å². The maximum absolute atomic E-state index is 12.3. The van der Waals surface area contributed by atoms with E-state index >= 15 is 0 Å². The van der Waals surface area contributed by atoms with Crippen molar-refractivity contribution in [3.05, 3.63) is 35.5 Å². The molecule has 0 spiro atoms. The van der Waals surface area contributed by atoms with Crippen LogP contribution in [0.1, 0.15) is 62.1 Å². The summed E-state index contributed by atoms with van der Waals surface area (Å²) in [5.74, 6) is 2.83. The zero-order valence-electron chi connectivity index (χ0n) is 19.0. The van der Waals surface area contributed by atoms with Gasteiger partial charge in [0.25, 0.3) is 5.88 Å². The molecule has 3 heterocycles. The predicted molar refractivity (Wildman–Crippen MR) is 117 cm³/mol. The lowest BCUT2D eigenvalue weighted by molar-refractivity contribution is -0.121. The molecule has 1 fully saturated rings. The van der Waals surface area contributed by atoms with Crippen molar-refractivity contribution in [2.75, 3.05) is 13.2 Å². The van der Waals surface area contributed by atoms with E-state index in [1.165, 1.54) is 0 Å². The Hall–Kier alpha value is -3.10. The van der Waals surface area contributed by atoms with E-state index in [0.717, 1.165) is 48.4 Å². The topological polar surface area (TPSA) is 108 Å². The molecule has 0 unspecified atom stereocenters. The Kier molecular flexibility index (Phi) is 6.92. The standard InChI is InChI=1S/C23H31N5O4/c1-4-30-22-12-18(31-27-22)9-10-21(29)24-13-16-5-7-17(8-6-16)23-19(14-28(3)25-23)20-11-15(2)26-32-20/h11-12,14,16-17H,4-10,13H2,1-3H3,(H,24,29). The molecule has 4 rings (SSSR count). The number of carbonyl (C=O) groups excluding carboxylic acids is 1. The van der Waals surface area contributed by atoms with Crippen LogP contribution in [0.2, 0.25) is 0 Å².